The summed E-state index contributed by atoms with van der Waals surface area (Å²) < 4.78 is 64.6. The summed E-state index contributed by atoms with van der Waals surface area (Å²) >= 11 is 0. The van der Waals surface area contributed by atoms with E-state index >= 15 is 0 Å². The summed E-state index contributed by atoms with van der Waals surface area (Å²) in [4.78, 5) is 0. The van der Waals surface area contributed by atoms with Crippen LogP contribution in [0.15, 0.2) is 24.3 Å². The fraction of sp³-hybridized carbons (Fsp3) is 0.250. The first-order valence-corrected chi connectivity index (χ1v) is 5.56. The second-order valence-electron chi connectivity index (χ2n) is 4.12. The molecule has 1 N–H and O–H groups in total. The molecular weight excluding hydrogens is 281 g/mol. The number of halogens is 5. The number of rotatable bonds is 3. The van der Waals surface area contributed by atoms with Gasteiger partial charge < -0.3 is 5.32 Å². The average molecular weight is 291 g/mol. The lowest BCUT2D eigenvalue weighted by Crippen LogP contribution is -2.11. The fourth-order valence-corrected chi connectivity index (χ4v) is 1.70. The summed E-state index contributed by atoms with van der Waals surface area (Å²) in [5, 5.41) is 6.17. The molecule has 2 rings (SSSR count). The van der Waals surface area contributed by atoms with Crippen molar-refractivity contribution in [2.24, 2.45) is 7.05 Å². The van der Waals surface area contributed by atoms with Gasteiger partial charge in [-0.25, -0.2) is 8.78 Å². The van der Waals surface area contributed by atoms with Crippen LogP contribution in [0, 0.1) is 11.6 Å². The SMILES string of the molecule is Cn1nc(CNc2cc(F)ccc2F)cc1C(F)(F)F. The number of aromatic nitrogens is 2. The third kappa shape index (κ3) is 3.06. The van der Waals surface area contributed by atoms with Crippen LogP contribution in [-0.4, -0.2) is 9.78 Å². The molecule has 3 nitrogen and oxygen atoms in total. The van der Waals surface area contributed by atoms with Gasteiger partial charge in [0.05, 0.1) is 17.9 Å². The number of hydrogen-bond acceptors (Lipinski definition) is 2. The first-order valence-electron chi connectivity index (χ1n) is 5.56. The minimum atomic E-state index is -4.51. The predicted octanol–water partition coefficient (Wildman–Crippen LogP) is 3.33. The highest BCUT2D eigenvalue weighted by Crippen LogP contribution is 2.29. The van der Waals surface area contributed by atoms with Crippen molar-refractivity contribution < 1.29 is 22.0 Å². The minimum Gasteiger partial charge on any atom is -0.377 e. The number of nitrogens with one attached hydrogen (secondary N) is 1. The molecule has 0 bridgehead atoms. The van der Waals surface area contributed by atoms with E-state index in [9.17, 15) is 22.0 Å². The summed E-state index contributed by atoms with van der Waals surface area (Å²) in [6, 6.07) is 3.65. The van der Waals surface area contributed by atoms with E-state index in [-0.39, 0.29) is 17.9 Å². The zero-order chi connectivity index (χ0) is 14.9. The molecule has 2 aromatic rings. The third-order valence-corrected chi connectivity index (χ3v) is 2.61. The van der Waals surface area contributed by atoms with Crippen molar-refractivity contribution in [2.45, 2.75) is 12.7 Å². The molecule has 1 aromatic heterocycles. The quantitative estimate of drug-likeness (QED) is 0.879. The van der Waals surface area contributed by atoms with Crippen LogP contribution in [0.25, 0.3) is 0 Å². The van der Waals surface area contributed by atoms with Crippen LogP contribution < -0.4 is 5.32 Å². The van der Waals surface area contributed by atoms with E-state index < -0.39 is 23.5 Å². The lowest BCUT2D eigenvalue weighted by molar-refractivity contribution is -0.143. The van der Waals surface area contributed by atoms with Gasteiger partial charge in [0, 0.05) is 7.05 Å². The summed E-state index contributed by atoms with van der Waals surface area (Å²) in [5.41, 5.74) is -0.971. The van der Waals surface area contributed by atoms with E-state index in [2.05, 4.69) is 10.4 Å². The summed E-state index contributed by atoms with van der Waals surface area (Å²) in [6.45, 7) is -0.149. The molecule has 20 heavy (non-hydrogen) atoms. The first kappa shape index (κ1) is 14.3. The van der Waals surface area contributed by atoms with Crippen molar-refractivity contribution in [3.05, 3.63) is 47.3 Å². The molecule has 0 amide bonds. The smallest absolute Gasteiger partial charge is 0.377 e. The highest BCUT2D eigenvalue weighted by molar-refractivity contribution is 5.45. The fourth-order valence-electron chi connectivity index (χ4n) is 1.70. The van der Waals surface area contributed by atoms with Crippen LogP contribution in [-0.2, 0) is 19.8 Å². The monoisotopic (exact) mass is 291 g/mol. The highest BCUT2D eigenvalue weighted by atomic mass is 19.4. The van der Waals surface area contributed by atoms with E-state index in [4.69, 9.17) is 0 Å². The van der Waals surface area contributed by atoms with Crippen molar-refractivity contribution in [3.8, 4) is 0 Å². The molecule has 0 saturated heterocycles. The third-order valence-electron chi connectivity index (χ3n) is 2.61. The maximum absolute atomic E-state index is 13.3. The number of hydrogen-bond donors (Lipinski definition) is 1. The Morgan fingerprint density at radius 2 is 1.90 bits per heavy atom. The molecule has 0 aliphatic rings. The number of nitrogens with zero attached hydrogens (tertiary/aromatic N) is 2. The second kappa shape index (κ2) is 5.10. The molecule has 0 aliphatic heterocycles. The van der Waals surface area contributed by atoms with Crippen LogP contribution in [0.1, 0.15) is 11.4 Å². The van der Waals surface area contributed by atoms with Crippen molar-refractivity contribution in [3.63, 3.8) is 0 Å². The molecule has 8 heteroatoms. The van der Waals surface area contributed by atoms with Crippen LogP contribution >= 0.6 is 0 Å². The zero-order valence-corrected chi connectivity index (χ0v) is 10.3. The lowest BCUT2D eigenvalue weighted by atomic mass is 10.3. The molecule has 0 aliphatic carbocycles. The average Bonchev–Trinajstić information content (AvgIpc) is 2.72. The molecule has 0 atom stereocenters. The molecule has 1 heterocycles. The van der Waals surface area contributed by atoms with Crippen LogP contribution in [0.3, 0.4) is 0 Å². The normalized spacial score (nSPS) is 11.7. The summed E-state index contributed by atoms with van der Waals surface area (Å²) in [6.07, 6.45) is -4.51. The standard InChI is InChI=1S/C12H10F5N3/c1-20-11(12(15,16)17)5-8(19-20)6-18-10-4-7(13)2-3-9(10)14/h2-5,18H,6H2,1H3. The van der Waals surface area contributed by atoms with E-state index in [0.29, 0.717) is 4.68 Å². The zero-order valence-electron chi connectivity index (χ0n) is 10.3. The van der Waals surface area contributed by atoms with Gasteiger partial charge in [-0.1, -0.05) is 0 Å². The van der Waals surface area contributed by atoms with Gasteiger partial charge in [0.2, 0.25) is 0 Å². The first-order chi connectivity index (χ1) is 9.27. The lowest BCUT2D eigenvalue weighted by Gasteiger charge is -2.05. The van der Waals surface area contributed by atoms with Gasteiger partial charge in [-0.05, 0) is 24.3 Å². The number of alkyl halides is 3. The van der Waals surface area contributed by atoms with Crippen molar-refractivity contribution >= 4 is 5.69 Å². The molecule has 0 fully saturated rings. The Balaban J connectivity index is 2.14. The van der Waals surface area contributed by atoms with Crippen molar-refractivity contribution in [1.29, 1.82) is 0 Å². The van der Waals surface area contributed by atoms with Gasteiger partial charge in [-0.15, -0.1) is 0 Å². The van der Waals surface area contributed by atoms with Crippen LogP contribution in [0.2, 0.25) is 0 Å². The molecule has 0 saturated carbocycles. The molecule has 0 spiro atoms. The van der Waals surface area contributed by atoms with Gasteiger partial charge in [0.1, 0.15) is 17.3 Å². The molecule has 0 unspecified atom stereocenters. The Labute approximate surface area is 111 Å². The van der Waals surface area contributed by atoms with Gasteiger partial charge in [-0.3, -0.25) is 4.68 Å². The molecule has 108 valence electrons. The van der Waals surface area contributed by atoms with E-state index in [1.807, 2.05) is 0 Å². The van der Waals surface area contributed by atoms with Gasteiger partial charge >= 0.3 is 6.18 Å². The van der Waals surface area contributed by atoms with Gasteiger partial charge in [0.25, 0.3) is 0 Å². The molecule has 1 aromatic carbocycles. The largest absolute Gasteiger partial charge is 0.433 e. The number of anilines is 1. The van der Waals surface area contributed by atoms with E-state index in [1.54, 1.807) is 0 Å². The molecular formula is C12H10F5N3. The Kier molecular flexibility index (Phi) is 3.65. The second-order valence-corrected chi connectivity index (χ2v) is 4.12. The Bertz CT molecular complexity index is 618. The van der Waals surface area contributed by atoms with Gasteiger partial charge in [0.15, 0.2) is 0 Å². The maximum atomic E-state index is 13.3. The topological polar surface area (TPSA) is 29.9 Å². The number of benzene rings is 1. The highest BCUT2D eigenvalue weighted by Gasteiger charge is 2.34. The van der Waals surface area contributed by atoms with Crippen LogP contribution in [0.5, 0.6) is 0 Å². The van der Waals surface area contributed by atoms with Crippen LogP contribution in [0.4, 0.5) is 27.6 Å². The Morgan fingerprint density at radius 1 is 1.20 bits per heavy atom. The maximum Gasteiger partial charge on any atom is 0.433 e. The van der Waals surface area contributed by atoms with Crippen molar-refractivity contribution in [1.82, 2.24) is 9.78 Å². The van der Waals surface area contributed by atoms with Crippen molar-refractivity contribution in [2.75, 3.05) is 5.32 Å². The Hall–Kier alpha value is -2.12. The molecule has 0 radical (unpaired) electrons. The number of aryl methyl sites for hydroxylation is 1. The van der Waals surface area contributed by atoms with E-state index in [0.717, 1.165) is 31.3 Å². The summed E-state index contributed by atoms with van der Waals surface area (Å²) in [7, 11) is 1.16. The Morgan fingerprint density at radius 3 is 2.50 bits per heavy atom. The minimum absolute atomic E-state index is 0.0727. The predicted molar refractivity (Wildman–Crippen MR) is 61.9 cm³/mol. The summed E-state index contributed by atoms with van der Waals surface area (Å²) in [5.74, 6) is -1.34. The van der Waals surface area contributed by atoms with Gasteiger partial charge in [-0.2, -0.15) is 18.3 Å². The van der Waals surface area contributed by atoms with E-state index in [1.165, 1.54) is 0 Å².